The number of hydrogen-bond donors (Lipinski definition) is 1. The largest absolute Gasteiger partial charge is 0.345 e. The Kier molecular flexibility index (Phi) is 4.72. The second kappa shape index (κ2) is 6.70. The summed E-state index contributed by atoms with van der Waals surface area (Å²) in [6, 6.07) is 5.82. The SMILES string of the molecule is C\C=C/C=C(\C=C\C)N(C)c1ccc2ncc(=O)[nH]c2c1. The normalized spacial score (nSPS) is 12.6. The number of fused-ring (bicyclic) bond motifs is 1. The van der Waals surface area contributed by atoms with E-state index in [1.54, 1.807) is 0 Å². The van der Waals surface area contributed by atoms with Crippen molar-refractivity contribution in [3.8, 4) is 0 Å². The van der Waals surface area contributed by atoms with E-state index in [0.717, 1.165) is 22.4 Å². The zero-order valence-electron chi connectivity index (χ0n) is 12.5. The van der Waals surface area contributed by atoms with Crippen molar-refractivity contribution in [2.75, 3.05) is 11.9 Å². The number of rotatable bonds is 4. The molecule has 4 heteroatoms. The highest BCUT2D eigenvalue weighted by molar-refractivity contribution is 5.79. The van der Waals surface area contributed by atoms with Gasteiger partial charge >= 0.3 is 0 Å². The molecule has 0 aliphatic carbocycles. The van der Waals surface area contributed by atoms with Crippen LogP contribution in [0.2, 0.25) is 0 Å². The maximum Gasteiger partial charge on any atom is 0.266 e. The highest BCUT2D eigenvalue weighted by atomic mass is 16.1. The lowest BCUT2D eigenvalue weighted by Gasteiger charge is -2.20. The van der Waals surface area contributed by atoms with Crippen molar-refractivity contribution in [2.45, 2.75) is 13.8 Å². The fraction of sp³-hybridized carbons (Fsp3) is 0.176. The number of H-pyrrole nitrogens is 1. The number of nitrogens with one attached hydrogen (secondary N) is 1. The molecule has 0 saturated heterocycles. The number of aromatic nitrogens is 2. The van der Waals surface area contributed by atoms with Crippen LogP contribution in [0.4, 0.5) is 5.69 Å². The maximum absolute atomic E-state index is 11.4. The number of hydrogen-bond acceptors (Lipinski definition) is 3. The summed E-state index contributed by atoms with van der Waals surface area (Å²) >= 11 is 0. The minimum Gasteiger partial charge on any atom is -0.345 e. The molecule has 108 valence electrons. The fourth-order valence-electron chi connectivity index (χ4n) is 2.03. The molecule has 1 aromatic heterocycles. The Balaban J connectivity index is 2.46. The Hall–Kier alpha value is -2.62. The van der Waals surface area contributed by atoms with Gasteiger partial charge in [0.2, 0.25) is 0 Å². The van der Waals surface area contributed by atoms with Gasteiger partial charge in [-0.1, -0.05) is 18.2 Å². The summed E-state index contributed by atoms with van der Waals surface area (Å²) in [6.45, 7) is 3.97. The number of allylic oxidation sites excluding steroid dienone is 5. The van der Waals surface area contributed by atoms with Crippen molar-refractivity contribution >= 4 is 16.7 Å². The van der Waals surface area contributed by atoms with Crippen LogP contribution < -0.4 is 10.5 Å². The van der Waals surface area contributed by atoms with Crippen molar-refractivity contribution in [2.24, 2.45) is 0 Å². The minimum absolute atomic E-state index is 0.194. The van der Waals surface area contributed by atoms with Gasteiger partial charge in [-0.15, -0.1) is 0 Å². The molecule has 0 radical (unpaired) electrons. The van der Waals surface area contributed by atoms with E-state index in [-0.39, 0.29) is 5.56 Å². The van der Waals surface area contributed by atoms with E-state index < -0.39 is 0 Å². The van der Waals surface area contributed by atoms with Gasteiger partial charge in [0, 0.05) is 18.4 Å². The van der Waals surface area contributed by atoms with E-state index in [1.807, 2.05) is 69.5 Å². The topological polar surface area (TPSA) is 49.0 Å². The lowest BCUT2D eigenvalue weighted by Crippen LogP contribution is -2.15. The number of benzene rings is 1. The molecule has 2 rings (SSSR count). The van der Waals surface area contributed by atoms with Gasteiger partial charge in [-0.3, -0.25) is 4.79 Å². The summed E-state index contributed by atoms with van der Waals surface area (Å²) in [5, 5.41) is 0. The molecule has 1 N–H and O–H groups in total. The highest BCUT2D eigenvalue weighted by Crippen LogP contribution is 2.21. The van der Waals surface area contributed by atoms with Gasteiger partial charge < -0.3 is 9.88 Å². The first-order valence-corrected chi connectivity index (χ1v) is 6.84. The second-order valence-electron chi connectivity index (χ2n) is 4.63. The Morgan fingerprint density at radius 1 is 1.29 bits per heavy atom. The average Bonchev–Trinajstić information content (AvgIpc) is 2.50. The summed E-state index contributed by atoms with van der Waals surface area (Å²) in [7, 11) is 1.99. The number of aromatic amines is 1. The van der Waals surface area contributed by atoms with Gasteiger partial charge in [0.05, 0.1) is 17.2 Å². The van der Waals surface area contributed by atoms with Gasteiger partial charge in [-0.25, -0.2) is 4.98 Å². The quantitative estimate of drug-likeness (QED) is 0.874. The molecule has 0 aliphatic heterocycles. The van der Waals surface area contributed by atoms with Crippen LogP contribution in [-0.4, -0.2) is 17.0 Å². The van der Waals surface area contributed by atoms with Gasteiger partial charge in [0.25, 0.3) is 5.56 Å². The first-order chi connectivity index (χ1) is 10.2. The van der Waals surface area contributed by atoms with Crippen LogP contribution in [0, 0.1) is 0 Å². The first kappa shape index (κ1) is 14.8. The molecule has 4 nitrogen and oxygen atoms in total. The molecule has 0 bridgehead atoms. The van der Waals surface area contributed by atoms with Crippen molar-refractivity contribution < 1.29 is 0 Å². The summed E-state index contributed by atoms with van der Waals surface area (Å²) in [4.78, 5) is 20.4. The predicted molar refractivity (Wildman–Crippen MR) is 88.5 cm³/mol. The summed E-state index contributed by atoms with van der Waals surface area (Å²) in [5.41, 5.74) is 3.36. The van der Waals surface area contributed by atoms with Crippen LogP contribution in [-0.2, 0) is 0 Å². The zero-order valence-corrected chi connectivity index (χ0v) is 12.5. The predicted octanol–water partition coefficient (Wildman–Crippen LogP) is 3.40. The molecule has 0 spiro atoms. The molecule has 21 heavy (non-hydrogen) atoms. The molecule has 0 unspecified atom stereocenters. The fourth-order valence-corrected chi connectivity index (χ4v) is 2.03. The summed E-state index contributed by atoms with van der Waals surface area (Å²) in [6.07, 6.45) is 11.3. The number of anilines is 1. The van der Waals surface area contributed by atoms with E-state index in [4.69, 9.17) is 0 Å². The third-order valence-electron chi connectivity index (χ3n) is 3.13. The van der Waals surface area contributed by atoms with Crippen LogP contribution in [0.25, 0.3) is 11.0 Å². The van der Waals surface area contributed by atoms with Crippen molar-refractivity contribution in [3.05, 3.63) is 70.8 Å². The Morgan fingerprint density at radius 2 is 2.10 bits per heavy atom. The second-order valence-corrected chi connectivity index (χ2v) is 4.63. The molecule has 2 aromatic rings. The van der Waals surface area contributed by atoms with Crippen LogP contribution in [0.1, 0.15) is 13.8 Å². The average molecular weight is 281 g/mol. The van der Waals surface area contributed by atoms with Gasteiger partial charge in [-0.05, 0) is 44.2 Å². The standard InChI is InChI=1S/C17H19N3O/c1-4-6-8-13(7-5-2)20(3)14-9-10-15-16(11-14)19-17(21)12-18-15/h4-12H,1-3H3,(H,19,21)/b6-4-,7-5+,13-8+. The summed E-state index contributed by atoms with van der Waals surface area (Å²) in [5.74, 6) is 0. The molecule has 0 amide bonds. The zero-order chi connectivity index (χ0) is 15.2. The lowest BCUT2D eigenvalue weighted by atomic mass is 10.2. The third-order valence-corrected chi connectivity index (χ3v) is 3.13. The molecule has 0 saturated carbocycles. The Morgan fingerprint density at radius 3 is 2.81 bits per heavy atom. The van der Waals surface area contributed by atoms with Crippen LogP contribution in [0.3, 0.4) is 0 Å². The van der Waals surface area contributed by atoms with Crippen LogP contribution >= 0.6 is 0 Å². The molecule has 0 aliphatic rings. The third kappa shape index (κ3) is 3.48. The van der Waals surface area contributed by atoms with E-state index in [1.165, 1.54) is 6.20 Å². The van der Waals surface area contributed by atoms with Crippen LogP contribution in [0.15, 0.2) is 65.3 Å². The van der Waals surface area contributed by atoms with E-state index in [2.05, 4.69) is 14.9 Å². The molecule has 1 aromatic carbocycles. The molecular weight excluding hydrogens is 262 g/mol. The van der Waals surface area contributed by atoms with Gasteiger partial charge in [-0.2, -0.15) is 0 Å². The smallest absolute Gasteiger partial charge is 0.266 e. The van der Waals surface area contributed by atoms with Crippen molar-refractivity contribution in [1.82, 2.24) is 9.97 Å². The summed E-state index contributed by atoms with van der Waals surface area (Å²) < 4.78 is 0. The van der Waals surface area contributed by atoms with Gasteiger partial charge in [0.15, 0.2) is 0 Å². The minimum atomic E-state index is -0.194. The van der Waals surface area contributed by atoms with E-state index in [9.17, 15) is 4.79 Å². The number of nitrogens with zero attached hydrogens (tertiary/aromatic N) is 2. The monoisotopic (exact) mass is 281 g/mol. The molecule has 0 fully saturated rings. The van der Waals surface area contributed by atoms with E-state index >= 15 is 0 Å². The molecule has 0 atom stereocenters. The van der Waals surface area contributed by atoms with Crippen molar-refractivity contribution in [1.29, 1.82) is 0 Å². The van der Waals surface area contributed by atoms with Gasteiger partial charge in [0.1, 0.15) is 0 Å². The molecular formula is C17H19N3O. The Labute approximate surface area is 124 Å². The Bertz CT molecular complexity index is 769. The van der Waals surface area contributed by atoms with E-state index in [0.29, 0.717) is 0 Å². The first-order valence-electron chi connectivity index (χ1n) is 6.84. The van der Waals surface area contributed by atoms with Crippen LogP contribution in [0.5, 0.6) is 0 Å². The molecule has 1 heterocycles. The van der Waals surface area contributed by atoms with Crippen molar-refractivity contribution in [3.63, 3.8) is 0 Å². The highest BCUT2D eigenvalue weighted by Gasteiger charge is 2.06. The maximum atomic E-state index is 11.4. The lowest BCUT2D eigenvalue weighted by molar-refractivity contribution is 1.13. The number of likely N-dealkylation sites (N-methyl/N-ethyl adjacent to an activating group) is 1.